The number of anilines is 1. The number of nitrogens with zero attached hydrogens (tertiary/aromatic N) is 2. The Morgan fingerprint density at radius 3 is 2.67 bits per heavy atom. The molecule has 0 amide bonds. The van der Waals surface area contributed by atoms with Gasteiger partial charge in [-0.3, -0.25) is 0 Å². The number of hydrogen-bond donors (Lipinski definition) is 2. The van der Waals surface area contributed by atoms with Crippen molar-refractivity contribution >= 4 is 17.0 Å². The van der Waals surface area contributed by atoms with Crippen LogP contribution < -0.4 is 5.32 Å². The zero-order chi connectivity index (χ0) is 12.5. The first-order valence-corrected chi connectivity index (χ1v) is 5.88. The molecule has 3 rings (SSSR count). The normalized spacial score (nSPS) is 10.8. The van der Waals surface area contributed by atoms with Gasteiger partial charge in [-0.15, -0.1) is 0 Å². The highest BCUT2D eigenvalue weighted by Crippen LogP contribution is 2.23. The summed E-state index contributed by atoms with van der Waals surface area (Å²) in [5, 5.41) is 3.01. The molecule has 3 aromatic rings. The van der Waals surface area contributed by atoms with Crippen molar-refractivity contribution in [1.82, 2.24) is 15.0 Å². The van der Waals surface area contributed by atoms with Gasteiger partial charge in [-0.1, -0.05) is 24.3 Å². The van der Waals surface area contributed by atoms with E-state index in [0.717, 1.165) is 28.4 Å². The van der Waals surface area contributed by atoms with Crippen molar-refractivity contribution in [2.45, 2.75) is 6.92 Å². The maximum atomic E-state index is 4.55. The Kier molecular flexibility index (Phi) is 2.48. The lowest BCUT2D eigenvalue weighted by Crippen LogP contribution is -1.91. The van der Waals surface area contributed by atoms with Gasteiger partial charge in [0.15, 0.2) is 5.65 Å². The van der Waals surface area contributed by atoms with Crippen LogP contribution in [0.25, 0.3) is 22.6 Å². The van der Waals surface area contributed by atoms with Gasteiger partial charge < -0.3 is 10.3 Å². The average molecular weight is 238 g/mol. The first-order chi connectivity index (χ1) is 8.78. The molecule has 1 aromatic carbocycles. The van der Waals surface area contributed by atoms with Crippen molar-refractivity contribution < 1.29 is 0 Å². The van der Waals surface area contributed by atoms with Gasteiger partial charge in [-0.25, -0.2) is 9.97 Å². The number of pyridine rings is 1. The molecule has 4 nitrogen and oxygen atoms in total. The highest BCUT2D eigenvalue weighted by molar-refractivity contribution is 5.78. The third-order valence-electron chi connectivity index (χ3n) is 3.00. The van der Waals surface area contributed by atoms with Crippen LogP contribution in [0.15, 0.2) is 36.4 Å². The Morgan fingerprint density at radius 2 is 1.89 bits per heavy atom. The molecule has 0 aliphatic heterocycles. The standard InChI is InChI=1S/C14H14N4/c1-9-5-3-4-6-10(9)13-16-11-7-8-12(15-2)17-14(11)18-13/h3-8H,1-2H3,(H2,15,16,17,18). The fourth-order valence-electron chi connectivity index (χ4n) is 2.00. The largest absolute Gasteiger partial charge is 0.373 e. The van der Waals surface area contributed by atoms with E-state index in [2.05, 4.69) is 39.3 Å². The molecule has 0 spiro atoms. The summed E-state index contributed by atoms with van der Waals surface area (Å²) in [4.78, 5) is 12.3. The topological polar surface area (TPSA) is 53.6 Å². The Balaban J connectivity index is 2.17. The number of rotatable bonds is 2. The highest BCUT2D eigenvalue weighted by atomic mass is 15.0. The summed E-state index contributed by atoms with van der Waals surface area (Å²) in [5.41, 5.74) is 4.00. The van der Waals surface area contributed by atoms with Gasteiger partial charge in [0.05, 0.1) is 5.52 Å². The minimum Gasteiger partial charge on any atom is -0.373 e. The number of aryl methyl sites for hydroxylation is 1. The van der Waals surface area contributed by atoms with Crippen LogP contribution in [0.4, 0.5) is 5.82 Å². The summed E-state index contributed by atoms with van der Waals surface area (Å²) >= 11 is 0. The zero-order valence-electron chi connectivity index (χ0n) is 10.4. The Hall–Kier alpha value is -2.36. The van der Waals surface area contributed by atoms with Gasteiger partial charge in [-0.2, -0.15) is 0 Å². The Labute approximate surface area is 105 Å². The van der Waals surface area contributed by atoms with Crippen LogP contribution in [0.5, 0.6) is 0 Å². The lowest BCUT2D eigenvalue weighted by Gasteiger charge is -1.99. The van der Waals surface area contributed by atoms with E-state index in [-0.39, 0.29) is 0 Å². The van der Waals surface area contributed by atoms with Crippen molar-refractivity contribution in [3.8, 4) is 11.4 Å². The Bertz CT molecular complexity index is 700. The molecule has 0 saturated carbocycles. The van der Waals surface area contributed by atoms with Crippen LogP contribution in [-0.2, 0) is 0 Å². The molecule has 0 bridgehead atoms. The Morgan fingerprint density at radius 1 is 1.06 bits per heavy atom. The van der Waals surface area contributed by atoms with E-state index in [9.17, 15) is 0 Å². The minimum absolute atomic E-state index is 0.736. The number of nitrogens with one attached hydrogen (secondary N) is 2. The highest BCUT2D eigenvalue weighted by Gasteiger charge is 2.08. The summed E-state index contributed by atoms with van der Waals surface area (Å²) in [6.07, 6.45) is 0. The second-order valence-corrected chi connectivity index (χ2v) is 4.22. The van der Waals surface area contributed by atoms with E-state index in [1.807, 2.05) is 31.3 Å². The lowest BCUT2D eigenvalue weighted by atomic mass is 10.1. The molecule has 2 N–H and O–H groups in total. The van der Waals surface area contributed by atoms with Gasteiger partial charge >= 0.3 is 0 Å². The van der Waals surface area contributed by atoms with Gasteiger partial charge in [0.2, 0.25) is 0 Å². The average Bonchev–Trinajstić information content (AvgIpc) is 2.81. The molecule has 2 heterocycles. The van der Waals surface area contributed by atoms with Crippen molar-refractivity contribution in [2.75, 3.05) is 12.4 Å². The minimum atomic E-state index is 0.736. The van der Waals surface area contributed by atoms with Crippen molar-refractivity contribution in [2.24, 2.45) is 0 Å². The summed E-state index contributed by atoms with van der Waals surface area (Å²) in [5.74, 6) is 1.69. The zero-order valence-corrected chi connectivity index (χ0v) is 10.4. The fourth-order valence-corrected chi connectivity index (χ4v) is 2.00. The fraction of sp³-hybridized carbons (Fsp3) is 0.143. The summed E-state index contributed by atoms with van der Waals surface area (Å²) in [6.45, 7) is 2.08. The molecular weight excluding hydrogens is 224 g/mol. The van der Waals surface area contributed by atoms with Gasteiger partial charge in [-0.05, 0) is 24.6 Å². The molecule has 0 saturated heterocycles. The van der Waals surface area contributed by atoms with E-state index in [1.54, 1.807) is 0 Å². The summed E-state index contributed by atoms with van der Waals surface area (Å²) in [6, 6.07) is 12.1. The number of aromatic amines is 1. The summed E-state index contributed by atoms with van der Waals surface area (Å²) < 4.78 is 0. The van der Waals surface area contributed by atoms with E-state index < -0.39 is 0 Å². The second kappa shape index (κ2) is 4.14. The first kappa shape index (κ1) is 10.8. The number of H-pyrrole nitrogens is 1. The molecule has 90 valence electrons. The molecule has 0 fully saturated rings. The van der Waals surface area contributed by atoms with Crippen LogP contribution in [0.3, 0.4) is 0 Å². The van der Waals surface area contributed by atoms with Crippen molar-refractivity contribution in [3.05, 3.63) is 42.0 Å². The predicted octanol–water partition coefficient (Wildman–Crippen LogP) is 2.98. The number of hydrogen-bond acceptors (Lipinski definition) is 3. The van der Waals surface area contributed by atoms with Gasteiger partial charge in [0.1, 0.15) is 11.6 Å². The van der Waals surface area contributed by atoms with E-state index in [4.69, 9.17) is 0 Å². The van der Waals surface area contributed by atoms with Gasteiger partial charge in [0.25, 0.3) is 0 Å². The molecule has 18 heavy (non-hydrogen) atoms. The van der Waals surface area contributed by atoms with Crippen molar-refractivity contribution in [3.63, 3.8) is 0 Å². The second-order valence-electron chi connectivity index (χ2n) is 4.22. The van der Waals surface area contributed by atoms with Crippen LogP contribution in [-0.4, -0.2) is 22.0 Å². The molecule has 0 aliphatic rings. The molecular formula is C14H14N4. The molecule has 0 unspecified atom stereocenters. The van der Waals surface area contributed by atoms with Crippen LogP contribution >= 0.6 is 0 Å². The third-order valence-corrected chi connectivity index (χ3v) is 3.00. The maximum Gasteiger partial charge on any atom is 0.180 e. The van der Waals surface area contributed by atoms with Crippen LogP contribution in [0, 0.1) is 6.92 Å². The van der Waals surface area contributed by atoms with Gasteiger partial charge in [0, 0.05) is 12.6 Å². The molecule has 4 heteroatoms. The molecule has 2 aromatic heterocycles. The number of benzene rings is 1. The van der Waals surface area contributed by atoms with Crippen LogP contribution in [0.1, 0.15) is 5.56 Å². The lowest BCUT2D eigenvalue weighted by molar-refractivity contribution is 1.27. The number of aromatic nitrogens is 3. The first-order valence-electron chi connectivity index (χ1n) is 5.88. The van der Waals surface area contributed by atoms with E-state index >= 15 is 0 Å². The number of imidazole rings is 1. The monoisotopic (exact) mass is 238 g/mol. The molecule has 0 atom stereocenters. The SMILES string of the molecule is CNc1ccc2[nH]c(-c3ccccc3C)nc2n1. The number of fused-ring (bicyclic) bond motifs is 1. The molecule has 0 aliphatic carbocycles. The van der Waals surface area contributed by atoms with E-state index in [0.29, 0.717) is 0 Å². The quantitative estimate of drug-likeness (QED) is 0.721. The van der Waals surface area contributed by atoms with Crippen molar-refractivity contribution in [1.29, 1.82) is 0 Å². The smallest absolute Gasteiger partial charge is 0.180 e. The molecule has 0 radical (unpaired) electrons. The third kappa shape index (κ3) is 1.72. The van der Waals surface area contributed by atoms with Crippen LogP contribution in [0.2, 0.25) is 0 Å². The maximum absolute atomic E-state index is 4.55. The summed E-state index contributed by atoms with van der Waals surface area (Å²) in [7, 11) is 1.85. The van der Waals surface area contributed by atoms with E-state index in [1.165, 1.54) is 5.56 Å². The predicted molar refractivity (Wildman–Crippen MR) is 73.6 cm³/mol.